The molecule has 0 spiro atoms. The summed E-state index contributed by atoms with van der Waals surface area (Å²) in [4.78, 5) is 4.47. The van der Waals surface area contributed by atoms with Crippen LogP contribution in [-0.4, -0.2) is 21.9 Å². The summed E-state index contributed by atoms with van der Waals surface area (Å²) in [6.45, 7) is 0.806. The second kappa shape index (κ2) is 1.78. The minimum absolute atomic E-state index is 0.347. The molecule has 0 unspecified atom stereocenters. The molecule has 0 bridgehead atoms. The third-order valence-corrected chi connectivity index (χ3v) is 1.45. The molecule has 3 heteroatoms. The third kappa shape index (κ3) is 0.893. The van der Waals surface area contributed by atoms with Gasteiger partial charge in [0.25, 0.3) is 0 Å². The van der Waals surface area contributed by atoms with Gasteiger partial charge in [0.15, 0.2) is 0 Å². The monoisotopic (exact) mass is 140 g/mol. The Hall–Kier alpha value is 0.439. The first-order valence-corrected chi connectivity index (χ1v) is 3.32. The van der Waals surface area contributed by atoms with Crippen LogP contribution in [0.4, 0.5) is 0 Å². The van der Waals surface area contributed by atoms with Gasteiger partial charge in [-0.25, -0.2) is 0 Å². The second-order valence-corrected chi connectivity index (χ2v) is 2.35. The van der Waals surface area contributed by atoms with Gasteiger partial charge in [0.1, 0.15) is 0 Å². The molecule has 1 rings (SSSR count). The zero-order valence-corrected chi connectivity index (χ0v) is 4.35. The van der Waals surface area contributed by atoms with Crippen molar-refractivity contribution in [3.63, 3.8) is 0 Å². The van der Waals surface area contributed by atoms with E-state index < -0.39 is 0 Å². The van der Waals surface area contributed by atoms with Gasteiger partial charge in [0.05, 0.1) is 0 Å². The summed E-state index contributed by atoms with van der Waals surface area (Å²) in [5.41, 5.74) is 0. The van der Waals surface area contributed by atoms with E-state index in [9.17, 15) is 0 Å². The molecule has 5 heavy (non-hydrogen) atoms. The molecule has 0 aliphatic carbocycles. The van der Waals surface area contributed by atoms with Gasteiger partial charge in [0, 0.05) is 0 Å². The molecule has 2 nitrogen and oxygen atoms in total. The Morgan fingerprint density at radius 1 is 1.60 bits per heavy atom. The van der Waals surface area contributed by atoms with Crippen LogP contribution in [0.25, 0.3) is 0 Å². The van der Waals surface area contributed by atoms with E-state index in [1.807, 2.05) is 0 Å². The Morgan fingerprint density at radius 3 is 2.80 bits per heavy atom. The van der Waals surface area contributed by atoms with Crippen molar-refractivity contribution in [1.82, 2.24) is 0 Å². The maximum atomic E-state index is 4.51. The summed E-state index contributed by atoms with van der Waals surface area (Å²) >= 11 is 0.347. The van der Waals surface area contributed by atoms with Gasteiger partial charge in [-0.3, -0.25) is 0 Å². The van der Waals surface area contributed by atoms with Crippen molar-refractivity contribution in [1.29, 1.82) is 0 Å². The fourth-order valence-corrected chi connectivity index (χ4v) is 0.884. The van der Waals surface area contributed by atoms with E-state index in [0.717, 1.165) is 11.9 Å². The van der Waals surface area contributed by atoms with E-state index in [1.54, 1.807) is 0 Å². The van der Waals surface area contributed by atoms with Crippen molar-refractivity contribution in [2.24, 2.45) is 0 Å². The van der Waals surface area contributed by atoms with Crippen LogP contribution in [0.5, 0.6) is 0 Å². The summed E-state index contributed by atoms with van der Waals surface area (Å²) in [6.07, 6.45) is 0. The number of rotatable bonds is 0. The van der Waals surface area contributed by atoms with Crippen LogP contribution in [0, 0.1) is 0 Å². The van der Waals surface area contributed by atoms with Gasteiger partial charge in [0.2, 0.25) is 0 Å². The molecular weight excluding hydrogens is 135 g/mol. The fraction of sp³-hybridized carbons (Fsp3) is 1.00. The first-order valence-electron chi connectivity index (χ1n) is 1.41. The van der Waals surface area contributed by atoms with E-state index in [2.05, 4.69) is 8.86 Å². The van der Waals surface area contributed by atoms with Crippen molar-refractivity contribution >= 4 is 15.3 Å². The molecule has 1 heterocycles. The van der Waals surface area contributed by atoms with Gasteiger partial charge < -0.3 is 0 Å². The summed E-state index contributed by atoms with van der Waals surface area (Å²) in [7, 11) is 0. The van der Waals surface area contributed by atoms with Gasteiger partial charge in [-0.15, -0.1) is 0 Å². The van der Waals surface area contributed by atoms with Crippen LogP contribution < -0.4 is 0 Å². The van der Waals surface area contributed by atoms with Gasteiger partial charge in [-0.2, -0.15) is 0 Å². The maximum absolute atomic E-state index is 4.51. The van der Waals surface area contributed by atoms with E-state index >= 15 is 0 Å². The standard InChI is InChI=1S/C2H4O2Se/c1-2-5-4-3-1/h1-2H2. The average molecular weight is 139 g/mol. The Balaban J connectivity index is 2.08. The predicted molar refractivity (Wildman–Crippen MR) is 17.6 cm³/mol. The predicted octanol–water partition coefficient (Wildman–Crippen LogP) is -0.0143. The Bertz CT molecular complexity index is 19.2. The Kier molecular flexibility index (Phi) is 1.29. The first kappa shape index (κ1) is 3.62. The molecule has 1 fully saturated rings. The summed E-state index contributed by atoms with van der Waals surface area (Å²) in [6, 6.07) is 0. The average Bonchev–Trinajstić information content (AvgIpc) is 1.76. The molecule has 30 valence electrons. The SMILES string of the molecule is C1C[Se]OO1. The second-order valence-electron chi connectivity index (χ2n) is 0.712. The number of hydrogen-bond donors (Lipinski definition) is 0. The minimum atomic E-state index is 0.347. The van der Waals surface area contributed by atoms with Crippen molar-refractivity contribution in [3.8, 4) is 0 Å². The van der Waals surface area contributed by atoms with Crippen LogP contribution in [0.1, 0.15) is 0 Å². The van der Waals surface area contributed by atoms with Crippen LogP contribution in [0.2, 0.25) is 5.32 Å². The molecule has 0 radical (unpaired) electrons. The molecule has 0 amide bonds. The van der Waals surface area contributed by atoms with Gasteiger partial charge >= 0.3 is 36.1 Å². The van der Waals surface area contributed by atoms with Crippen molar-refractivity contribution in [2.45, 2.75) is 5.32 Å². The summed E-state index contributed by atoms with van der Waals surface area (Å²) in [5, 5.41) is 1.12. The molecule has 0 aromatic carbocycles. The first-order chi connectivity index (χ1) is 2.50. The normalized spacial score (nSPS) is 24.0. The van der Waals surface area contributed by atoms with E-state index in [0.29, 0.717) is 15.3 Å². The molecular formula is C2H4O2Se. The topological polar surface area (TPSA) is 18.5 Å². The molecule has 1 saturated heterocycles. The molecule has 0 atom stereocenters. The fourth-order valence-electron chi connectivity index (χ4n) is 0.170. The molecule has 0 aromatic rings. The van der Waals surface area contributed by atoms with Crippen LogP contribution in [0.3, 0.4) is 0 Å². The van der Waals surface area contributed by atoms with Crippen LogP contribution >= 0.6 is 0 Å². The van der Waals surface area contributed by atoms with E-state index in [1.165, 1.54) is 0 Å². The molecule has 0 aromatic heterocycles. The van der Waals surface area contributed by atoms with Gasteiger partial charge in [-0.1, -0.05) is 0 Å². The Morgan fingerprint density at radius 2 is 2.60 bits per heavy atom. The van der Waals surface area contributed by atoms with Crippen molar-refractivity contribution in [3.05, 3.63) is 0 Å². The molecule has 0 saturated carbocycles. The molecule has 1 aliphatic rings. The summed E-state index contributed by atoms with van der Waals surface area (Å²) < 4.78 is 4.51. The quantitative estimate of drug-likeness (QED) is 0.347. The zero-order valence-electron chi connectivity index (χ0n) is 2.64. The zero-order chi connectivity index (χ0) is 3.54. The third-order valence-electron chi connectivity index (χ3n) is 0.346. The molecule has 1 aliphatic heterocycles. The van der Waals surface area contributed by atoms with Gasteiger partial charge in [-0.05, 0) is 0 Å². The Labute approximate surface area is 36.9 Å². The van der Waals surface area contributed by atoms with E-state index in [-0.39, 0.29) is 0 Å². The number of hydrogen-bond acceptors (Lipinski definition) is 2. The van der Waals surface area contributed by atoms with Crippen LogP contribution in [-0.2, 0) is 8.86 Å². The molecule has 0 N–H and O–H groups in total. The summed E-state index contributed by atoms with van der Waals surface area (Å²) in [5.74, 6) is 0. The van der Waals surface area contributed by atoms with Crippen LogP contribution in [0.15, 0.2) is 0 Å². The van der Waals surface area contributed by atoms with Crippen molar-refractivity contribution < 1.29 is 8.86 Å². The van der Waals surface area contributed by atoms with E-state index in [4.69, 9.17) is 0 Å². The van der Waals surface area contributed by atoms with Crippen molar-refractivity contribution in [2.75, 3.05) is 6.61 Å².